The van der Waals surface area contributed by atoms with E-state index in [1.165, 1.54) is 57.8 Å². The fourth-order valence-electron chi connectivity index (χ4n) is 2.45. The third-order valence-electron chi connectivity index (χ3n) is 3.89. The van der Waals surface area contributed by atoms with Crippen molar-refractivity contribution < 1.29 is 19.4 Å². The fourth-order valence-corrected chi connectivity index (χ4v) is 2.45. The van der Waals surface area contributed by atoms with E-state index in [1.807, 2.05) is 0 Å². The van der Waals surface area contributed by atoms with Crippen LogP contribution in [-0.4, -0.2) is 37.0 Å². The Kier molecular flexibility index (Phi) is 11.5. The lowest BCUT2D eigenvalue weighted by Gasteiger charge is -2.03. The molecule has 4 nitrogen and oxygen atoms in total. The molecule has 1 heterocycles. The molecule has 21 heavy (non-hydrogen) atoms. The summed E-state index contributed by atoms with van der Waals surface area (Å²) in [5, 5.41) is 8.52. The highest BCUT2D eigenvalue weighted by molar-refractivity contribution is 5.66. The molecular formula is C17H32O4. The van der Waals surface area contributed by atoms with E-state index in [9.17, 15) is 4.79 Å². The van der Waals surface area contributed by atoms with Crippen molar-refractivity contribution >= 4 is 5.97 Å². The first-order chi connectivity index (χ1) is 10.3. The summed E-state index contributed by atoms with van der Waals surface area (Å²) in [6.45, 7) is 2.56. The highest BCUT2D eigenvalue weighted by atomic mass is 16.6. The van der Waals surface area contributed by atoms with Gasteiger partial charge in [0.05, 0.1) is 13.2 Å². The average molecular weight is 300 g/mol. The summed E-state index contributed by atoms with van der Waals surface area (Å²) in [5.41, 5.74) is 0. The number of rotatable bonds is 16. The smallest absolute Gasteiger partial charge is 0.303 e. The monoisotopic (exact) mass is 300 g/mol. The van der Waals surface area contributed by atoms with Crippen LogP contribution in [0.2, 0.25) is 0 Å². The summed E-state index contributed by atoms with van der Waals surface area (Å²) in [6, 6.07) is 0. The molecule has 0 aromatic heterocycles. The van der Waals surface area contributed by atoms with Gasteiger partial charge in [-0.15, -0.1) is 0 Å². The van der Waals surface area contributed by atoms with Gasteiger partial charge < -0.3 is 14.6 Å². The van der Waals surface area contributed by atoms with Crippen LogP contribution in [0.15, 0.2) is 0 Å². The van der Waals surface area contributed by atoms with Crippen LogP contribution < -0.4 is 0 Å². The van der Waals surface area contributed by atoms with Crippen LogP contribution in [0.1, 0.15) is 77.0 Å². The lowest BCUT2D eigenvalue weighted by atomic mass is 10.1. The fraction of sp³-hybridized carbons (Fsp3) is 0.941. The first kappa shape index (κ1) is 18.4. The number of hydrogen-bond donors (Lipinski definition) is 1. The molecular weight excluding hydrogens is 268 g/mol. The molecule has 1 unspecified atom stereocenters. The van der Waals surface area contributed by atoms with Crippen molar-refractivity contribution in [3.05, 3.63) is 0 Å². The standard InChI is InChI=1S/C17H32O4/c18-17(19)12-10-8-6-4-2-1-3-5-7-9-11-13-20-14-16-15-21-16/h16H,1-15H2,(H,18,19). The second-order valence-corrected chi connectivity index (χ2v) is 6.06. The third kappa shape index (κ3) is 14.1. The van der Waals surface area contributed by atoms with E-state index in [0.717, 1.165) is 32.7 Å². The molecule has 0 aromatic rings. The molecule has 0 radical (unpaired) electrons. The minimum Gasteiger partial charge on any atom is -0.481 e. The van der Waals surface area contributed by atoms with Gasteiger partial charge in [-0.1, -0.05) is 57.8 Å². The molecule has 0 aromatic carbocycles. The summed E-state index contributed by atoms with van der Waals surface area (Å²) in [5.74, 6) is -0.665. The lowest BCUT2D eigenvalue weighted by molar-refractivity contribution is -0.137. The van der Waals surface area contributed by atoms with Crippen LogP contribution in [0.5, 0.6) is 0 Å². The second kappa shape index (κ2) is 13.1. The zero-order valence-corrected chi connectivity index (χ0v) is 13.4. The van der Waals surface area contributed by atoms with Crippen molar-refractivity contribution in [2.24, 2.45) is 0 Å². The van der Waals surface area contributed by atoms with Gasteiger partial charge in [0.15, 0.2) is 0 Å². The maximum atomic E-state index is 10.3. The van der Waals surface area contributed by atoms with Crippen LogP contribution in [-0.2, 0) is 14.3 Å². The predicted molar refractivity (Wildman–Crippen MR) is 83.6 cm³/mol. The first-order valence-corrected chi connectivity index (χ1v) is 8.70. The van der Waals surface area contributed by atoms with Crippen molar-refractivity contribution in [1.82, 2.24) is 0 Å². The molecule has 1 rings (SSSR count). The van der Waals surface area contributed by atoms with Gasteiger partial charge in [0.1, 0.15) is 6.10 Å². The molecule has 0 bridgehead atoms. The van der Waals surface area contributed by atoms with Gasteiger partial charge in [0.2, 0.25) is 0 Å². The van der Waals surface area contributed by atoms with Crippen LogP contribution in [0.4, 0.5) is 0 Å². The van der Waals surface area contributed by atoms with E-state index >= 15 is 0 Å². The van der Waals surface area contributed by atoms with E-state index < -0.39 is 5.97 Å². The SMILES string of the molecule is O=C(O)CCCCCCCCCCCCCOCC1CO1. The number of carboxylic acids is 1. The largest absolute Gasteiger partial charge is 0.481 e. The molecule has 0 aliphatic carbocycles. The number of hydrogen-bond acceptors (Lipinski definition) is 3. The van der Waals surface area contributed by atoms with Crippen LogP contribution in [0, 0.1) is 0 Å². The maximum Gasteiger partial charge on any atom is 0.303 e. The molecule has 0 amide bonds. The van der Waals surface area contributed by atoms with Crippen molar-refractivity contribution in [1.29, 1.82) is 0 Å². The Morgan fingerprint density at radius 2 is 1.38 bits per heavy atom. The predicted octanol–water partition coefficient (Wildman–Crippen LogP) is 4.17. The topological polar surface area (TPSA) is 59.1 Å². The maximum absolute atomic E-state index is 10.3. The summed E-state index contributed by atoms with van der Waals surface area (Å²) in [4.78, 5) is 10.3. The van der Waals surface area contributed by atoms with Gasteiger partial charge in [-0.2, -0.15) is 0 Å². The van der Waals surface area contributed by atoms with Crippen molar-refractivity contribution in [2.75, 3.05) is 19.8 Å². The summed E-state index contributed by atoms with van der Waals surface area (Å²) in [6.07, 6.45) is 14.2. The molecule has 1 N–H and O–H groups in total. The van der Waals surface area contributed by atoms with Crippen LogP contribution in [0.25, 0.3) is 0 Å². The summed E-state index contributed by atoms with van der Waals surface area (Å²) < 4.78 is 10.6. The number of epoxide rings is 1. The van der Waals surface area contributed by atoms with Gasteiger partial charge in [-0.3, -0.25) is 4.79 Å². The van der Waals surface area contributed by atoms with E-state index in [1.54, 1.807) is 0 Å². The molecule has 0 saturated carbocycles. The molecule has 1 fully saturated rings. The zero-order valence-electron chi connectivity index (χ0n) is 13.4. The Morgan fingerprint density at radius 3 is 1.86 bits per heavy atom. The molecule has 0 spiro atoms. The molecule has 4 heteroatoms. The molecule has 1 saturated heterocycles. The minimum absolute atomic E-state index is 0.331. The van der Waals surface area contributed by atoms with Crippen molar-refractivity contribution in [2.45, 2.75) is 83.2 Å². The van der Waals surface area contributed by atoms with Gasteiger partial charge in [0, 0.05) is 13.0 Å². The molecule has 1 atom stereocenters. The van der Waals surface area contributed by atoms with Crippen molar-refractivity contribution in [3.8, 4) is 0 Å². The van der Waals surface area contributed by atoms with Gasteiger partial charge in [-0.25, -0.2) is 0 Å². The van der Waals surface area contributed by atoms with Gasteiger partial charge in [0.25, 0.3) is 0 Å². The molecule has 124 valence electrons. The minimum atomic E-state index is -0.665. The average Bonchev–Trinajstić information content (AvgIpc) is 3.27. The lowest BCUT2D eigenvalue weighted by Crippen LogP contribution is -2.02. The van der Waals surface area contributed by atoms with Crippen LogP contribution in [0.3, 0.4) is 0 Å². The van der Waals surface area contributed by atoms with E-state index in [-0.39, 0.29) is 0 Å². The Bertz CT molecular complexity index is 251. The summed E-state index contributed by atoms with van der Waals surface area (Å²) >= 11 is 0. The highest BCUT2D eigenvalue weighted by Crippen LogP contribution is 2.12. The van der Waals surface area contributed by atoms with E-state index in [0.29, 0.717) is 12.5 Å². The van der Waals surface area contributed by atoms with Crippen LogP contribution >= 0.6 is 0 Å². The molecule has 1 aliphatic rings. The number of carbonyl (C=O) groups is 1. The third-order valence-corrected chi connectivity index (χ3v) is 3.89. The van der Waals surface area contributed by atoms with E-state index in [4.69, 9.17) is 14.6 Å². The highest BCUT2D eigenvalue weighted by Gasteiger charge is 2.21. The van der Waals surface area contributed by atoms with Gasteiger partial charge in [-0.05, 0) is 12.8 Å². The van der Waals surface area contributed by atoms with Gasteiger partial charge >= 0.3 is 5.97 Å². The van der Waals surface area contributed by atoms with Crippen molar-refractivity contribution in [3.63, 3.8) is 0 Å². The number of unbranched alkanes of at least 4 members (excludes halogenated alkanes) is 10. The Labute approximate surface area is 129 Å². The summed E-state index contributed by atoms with van der Waals surface area (Å²) in [7, 11) is 0. The first-order valence-electron chi connectivity index (χ1n) is 8.70. The second-order valence-electron chi connectivity index (χ2n) is 6.06. The zero-order chi connectivity index (χ0) is 15.2. The normalized spacial score (nSPS) is 17.0. The Hall–Kier alpha value is -0.610. The van der Waals surface area contributed by atoms with E-state index in [2.05, 4.69) is 0 Å². The number of carboxylic acid groups (broad SMARTS) is 1. The number of ether oxygens (including phenoxy) is 2. The number of aliphatic carboxylic acids is 1. The molecule has 1 aliphatic heterocycles. The quantitative estimate of drug-likeness (QED) is 0.343. The Morgan fingerprint density at radius 1 is 0.905 bits per heavy atom. The Balaban J connectivity index is 1.62.